The van der Waals surface area contributed by atoms with Crippen molar-refractivity contribution in [2.75, 3.05) is 13.1 Å². The third-order valence-electron chi connectivity index (χ3n) is 5.54. The summed E-state index contributed by atoms with van der Waals surface area (Å²) in [5.74, 6) is 0.637. The summed E-state index contributed by atoms with van der Waals surface area (Å²) >= 11 is 0. The molecule has 0 heterocycles. The van der Waals surface area contributed by atoms with Gasteiger partial charge in [-0.3, -0.25) is 19.2 Å². The summed E-state index contributed by atoms with van der Waals surface area (Å²) in [7, 11) is 0. The molecule has 0 aromatic heterocycles. The molecule has 0 saturated carbocycles. The summed E-state index contributed by atoms with van der Waals surface area (Å²) in [6, 6.07) is 0. The van der Waals surface area contributed by atoms with E-state index in [0.717, 1.165) is 38.5 Å². The number of hydrogen-bond acceptors (Lipinski definition) is 4. The molecule has 0 saturated heterocycles. The minimum atomic E-state index is -0.265. The Hall–Kier alpha value is -1.72. The van der Waals surface area contributed by atoms with Gasteiger partial charge in [0.05, 0.1) is 0 Å². The minimum Gasteiger partial charge on any atom is -0.356 e. The van der Waals surface area contributed by atoms with Crippen LogP contribution in [0, 0.1) is 10.8 Å². The topological polar surface area (TPSA) is 92.3 Å². The fourth-order valence-corrected chi connectivity index (χ4v) is 3.13. The van der Waals surface area contributed by atoms with Gasteiger partial charge in [-0.15, -0.1) is 0 Å². The van der Waals surface area contributed by atoms with E-state index in [1.54, 1.807) is 0 Å². The zero-order valence-electron chi connectivity index (χ0n) is 21.5. The van der Waals surface area contributed by atoms with E-state index in [0.29, 0.717) is 51.6 Å². The average molecular weight is 453 g/mol. The summed E-state index contributed by atoms with van der Waals surface area (Å²) < 4.78 is 0. The molecule has 0 spiro atoms. The maximum absolute atomic E-state index is 11.9. The number of hydrogen-bond donors (Lipinski definition) is 2. The molecule has 0 aromatic carbocycles. The molecule has 0 radical (unpaired) electrons. The Bertz CT molecular complexity index is 534. The summed E-state index contributed by atoms with van der Waals surface area (Å²) in [5, 5.41) is 5.82. The third kappa shape index (κ3) is 16.9. The zero-order chi connectivity index (χ0) is 24.6. The van der Waals surface area contributed by atoms with E-state index in [9.17, 15) is 19.2 Å². The third-order valence-corrected chi connectivity index (χ3v) is 5.54. The van der Waals surface area contributed by atoms with Crippen LogP contribution in [0.4, 0.5) is 0 Å². The highest BCUT2D eigenvalue weighted by Gasteiger charge is 2.20. The first kappa shape index (κ1) is 30.3. The monoisotopic (exact) mass is 452 g/mol. The summed E-state index contributed by atoms with van der Waals surface area (Å²) in [6.45, 7) is 12.9. The standard InChI is InChI=1S/C26H48N2O4/c1-25(2,3)21(29)15-9-7-13-19-27-23(31)17-11-12-18-24(32)28-20-14-8-10-16-22(30)26(4,5)6/h7-20H2,1-6H3,(H,27,31)(H,28,32). The van der Waals surface area contributed by atoms with Gasteiger partial charge in [-0.25, -0.2) is 0 Å². The van der Waals surface area contributed by atoms with Gasteiger partial charge in [-0.1, -0.05) is 54.4 Å². The summed E-state index contributed by atoms with van der Waals surface area (Å²) in [5.41, 5.74) is -0.530. The molecule has 6 heteroatoms. The molecule has 0 rings (SSSR count). The van der Waals surface area contributed by atoms with Gasteiger partial charge in [0.2, 0.25) is 11.8 Å². The second-order valence-electron chi connectivity index (χ2n) is 10.9. The maximum atomic E-state index is 11.9. The second kappa shape index (κ2) is 16.0. The molecule has 0 aliphatic heterocycles. The highest BCUT2D eigenvalue weighted by Crippen LogP contribution is 2.19. The van der Waals surface area contributed by atoms with Crippen molar-refractivity contribution in [1.82, 2.24) is 10.6 Å². The zero-order valence-corrected chi connectivity index (χ0v) is 21.5. The fraction of sp³-hybridized carbons (Fsp3) is 0.846. The Morgan fingerprint density at radius 3 is 1.09 bits per heavy atom. The largest absolute Gasteiger partial charge is 0.356 e. The van der Waals surface area contributed by atoms with Gasteiger partial charge in [0, 0.05) is 49.6 Å². The molecule has 0 aliphatic carbocycles. The summed E-state index contributed by atoms with van der Waals surface area (Å²) in [6.07, 6.45) is 8.90. The van der Waals surface area contributed by atoms with Gasteiger partial charge in [0.1, 0.15) is 11.6 Å². The van der Waals surface area contributed by atoms with E-state index in [4.69, 9.17) is 0 Å². The SMILES string of the molecule is CC(C)(C)C(=O)CCCCCNC(=O)CCCCC(=O)NCCCCCC(=O)C(C)(C)C. The van der Waals surface area contributed by atoms with Crippen LogP contribution in [0.15, 0.2) is 0 Å². The molecule has 186 valence electrons. The van der Waals surface area contributed by atoms with Crippen molar-refractivity contribution in [2.45, 2.75) is 119 Å². The first-order valence-electron chi connectivity index (χ1n) is 12.4. The molecular formula is C26H48N2O4. The molecule has 32 heavy (non-hydrogen) atoms. The van der Waals surface area contributed by atoms with Crippen LogP contribution in [0.2, 0.25) is 0 Å². The molecular weight excluding hydrogens is 404 g/mol. The fourth-order valence-electron chi connectivity index (χ4n) is 3.13. The molecule has 0 aliphatic rings. The quantitative estimate of drug-likeness (QED) is 0.299. The molecule has 0 aromatic rings. The van der Waals surface area contributed by atoms with Crippen LogP contribution in [0.3, 0.4) is 0 Å². The van der Waals surface area contributed by atoms with Crippen molar-refractivity contribution in [2.24, 2.45) is 10.8 Å². The van der Waals surface area contributed by atoms with Crippen molar-refractivity contribution >= 4 is 23.4 Å². The Kier molecular flexibility index (Phi) is 15.1. The highest BCUT2D eigenvalue weighted by atomic mass is 16.2. The van der Waals surface area contributed by atoms with Crippen molar-refractivity contribution in [1.29, 1.82) is 0 Å². The number of rotatable bonds is 17. The van der Waals surface area contributed by atoms with Gasteiger partial charge in [-0.2, -0.15) is 0 Å². The van der Waals surface area contributed by atoms with E-state index in [-0.39, 0.29) is 34.2 Å². The van der Waals surface area contributed by atoms with Crippen LogP contribution >= 0.6 is 0 Å². The lowest BCUT2D eigenvalue weighted by atomic mass is 9.88. The van der Waals surface area contributed by atoms with Gasteiger partial charge in [0.25, 0.3) is 0 Å². The molecule has 2 amide bonds. The first-order valence-corrected chi connectivity index (χ1v) is 12.4. The lowest BCUT2D eigenvalue weighted by Gasteiger charge is -2.16. The van der Waals surface area contributed by atoms with Crippen LogP contribution in [-0.2, 0) is 19.2 Å². The van der Waals surface area contributed by atoms with Crippen LogP contribution in [0.25, 0.3) is 0 Å². The summed E-state index contributed by atoms with van der Waals surface area (Å²) in [4.78, 5) is 47.4. The van der Waals surface area contributed by atoms with Gasteiger partial charge in [-0.05, 0) is 38.5 Å². The molecule has 0 atom stereocenters. The van der Waals surface area contributed by atoms with Crippen LogP contribution in [0.1, 0.15) is 119 Å². The van der Waals surface area contributed by atoms with Crippen molar-refractivity contribution in [3.63, 3.8) is 0 Å². The Morgan fingerprint density at radius 2 is 0.781 bits per heavy atom. The molecule has 2 N–H and O–H groups in total. The van der Waals surface area contributed by atoms with Crippen molar-refractivity contribution in [3.8, 4) is 0 Å². The van der Waals surface area contributed by atoms with E-state index in [1.807, 2.05) is 41.5 Å². The van der Waals surface area contributed by atoms with E-state index < -0.39 is 0 Å². The maximum Gasteiger partial charge on any atom is 0.219 e. The normalized spacial score (nSPS) is 11.8. The van der Waals surface area contributed by atoms with Crippen LogP contribution in [0.5, 0.6) is 0 Å². The highest BCUT2D eigenvalue weighted by molar-refractivity contribution is 5.84. The number of carbonyl (C=O) groups excluding carboxylic acids is 4. The van der Waals surface area contributed by atoms with E-state index >= 15 is 0 Å². The predicted octanol–water partition coefficient (Wildman–Crippen LogP) is 5.13. The lowest BCUT2D eigenvalue weighted by molar-refractivity contribution is -0.127. The smallest absolute Gasteiger partial charge is 0.219 e. The molecule has 0 unspecified atom stereocenters. The number of carbonyl (C=O) groups is 4. The molecule has 0 fully saturated rings. The number of ketones is 2. The average Bonchev–Trinajstić information content (AvgIpc) is 2.68. The van der Waals surface area contributed by atoms with Crippen LogP contribution in [-0.4, -0.2) is 36.5 Å². The number of amides is 2. The molecule has 6 nitrogen and oxygen atoms in total. The van der Waals surface area contributed by atoms with Gasteiger partial charge in [0.15, 0.2) is 0 Å². The van der Waals surface area contributed by atoms with Crippen molar-refractivity contribution in [3.05, 3.63) is 0 Å². The predicted molar refractivity (Wildman–Crippen MR) is 130 cm³/mol. The minimum absolute atomic E-state index is 0.0287. The first-order chi connectivity index (χ1) is 14.8. The number of nitrogens with one attached hydrogen (secondary N) is 2. The lowest BCUT2D eigenvalue weighted by Crippen LogP contribution is -2.25. The molecule has 0 bridgehead atoms. The van der Waals surface area contributed by atoms with E-state index in [2.05, 4.69) is 10.6 Å². The van der Waals surface area contributed by atoms with Crippen molar-refractivity contribution < 1.29 is 19.2 Å². The number of unbranched alkanes of at least 4 members (excludes halogenated alkanes) is 5. The number of Topliss-reactive ketones (excluding diaryl/α,β-unsaturated/α-hetero) is 2. The second-order valence-corrected chi connectivity index (χ2v) is 10.9. The Labute approximate surface area is 196 Å². The Balaban J connectivity index is 3.55. The van der Waals surface area contributed by atoms with Gasteiger partial charge < -0.3 is 10.6 Å². The Morgan fingerprint density at radius 1 is 0.469 bits per heavy atom. The van der Waals surface area contributed by atoms with E-state index in [1.165, 1.54) is 0 Å². The van der Waals surface area contributed by atoms with Gasteiger partial charge >= 0.3 is 0 Å². The van der Waals surface area contributed by atoms with Crippen LogP contribution < -0.4 is 10.6 Å².